The van der Waals surface area contributed by atoms with Crippen molar-refractivity contribution in [2.45, 2.75) is 18.0 Å². The maximum absolute atomic E-state index is 11.9. The van der Waals surface area contributed by atoms with Crippen LogP contribution < -0.4 is 5.32 Å². The van der Waals surface area contributed by atoms with Crippen molar-refractivity contribution in [3.63, 3.8) is 0 Å². The summed E-state index contributed by atoms with van der Waals surface area (Å²) < 4.78 is 57.8. The maximum atomic E-state index is 11.9. The van der Waals surface area contributed by atoms with Gasteiger partial charge in [-0.25, -0.2) is 8.42 Å². The lowest BCUT2D eigenvalue weighted by atomic mass is 10.4. The Hall–Kier alpha value is -0.800. The first-order valence-corrected chi connectivity index (χ1v) is 7.53. The predicted molar refractivity (Wildman–Crippen MR) is 60.5 cm³/mol. The van der Waals surface area contributed by atoms with Crippen molar-refractivity contribution in [1.82, 2.24) is 5.32 Å². The van der Waals surface area contributed by atoms with Gasteiger partial charge in [0.15, 0.2) is 0 Å². The molecule has 0 saturated carbocycles. The van der Waals surface area contributed by atoms with Gasteiger partial charge in [-0.15, -0.1) is 11.3 Å². The molecule has 1 N–H and O–H groups in total. The van der Waals surface area contributed by atoms with Crippen LogP contribution in [0.3, 0.4) is 0 Å². The fourth-order valence-corrected chi connectivity index (χ4v) is 3.67. The number of alkyl halides is 3. The van der Waals surface area contributed by atoms with Gasteiger partial charge in [0.25, 0.3) is 15.0 Å². The van der Waals surface area contributed by atoms with Crippen LogP contribution in [0.15, 0.2) is 11.0 Å². The number of rotatable bonds is 3. The molecule has 1 aromatic heterocycles. The molecule has 10 heteroatoms. The number of hydrogen-bond donors (Lipinski definition) is 1. The van der Waals surface area contributed by atoms with Crippen LogP contribution in [0.4, 0.5) is 13.2 Å². The molecule has 1 aromatic rings. The highest BCUT2D eigenvalue weighted by atomic mass is 35.7. The lowest BCUT2D eigenvalue weighted by Gasteiger charge is -2.06. The highest BCUT2D eigenvalue weighted by molar-refractivity contribution is 8.13. The van der Waals surface area contributed by atoms with Gasteiger partial charge < -0.3 is 5.32 Å². The third-order valence-electron chi connectivity index (χ3n) is 1.81. The number of amides is 1. The molecule has 0 saturated heterocycles. The van der Waals surface area contributed by atoms with Crippen molar-refractivity contribution in [3.05, 3.63) is 15.8 Å². The number of nitrogens with one attached hydrogen (secondary N) is 1. The molecule has 18 heavy (non-hydrogen) atoms. The highest BCUT2D eigenvalue weighted by Gasteiger charge is 2.28. The minimum atomic E-state index is -4.52. The fraction of sp³-hybridized carbons (Fsp3) is 0.375. The van der Waals surface area contributed by atoms with Gasteiger partial charge in [0.05, 0.1) is 9.77 Å². The topological polar surface area (TPSA) is 63.2 Å². The molecule has 0 spiro atoms. The first kappa shape index (κ1) is 15.3. The number of carbonyl (C=O) groups excluding carboxylic acids is 1. The van der Waals surface area contributed by atoms with Gasteiger partial charge in [0, 0.05) is 15.6 Å². The molecule has 0 fully saturated rings. The molecule has 4 nitrogen and oxygen atoms in total. The zero-order valence-electron chi connectivity index (χ0n) is 8.84. The molecule has 0 aromatic carbocycles. The van der Waals surface area contributed by atoms with E-state index >= 15 is 0 Å². The number of hydrogen-bond acceptors (Lipinski definition) is 4. The molecule has 1 rings (SSSR count). The maximum Gasteiger partial charge on any atom is 0.405 e. The summed E-state index contributed by atoms with van der Waals surface area (Å²) in [5, 5.41) is 1.64. The van der Waals surface area contributed by atoms with E-state index in [0.29, 0.717) is 0 Å². The molecule has 102 valence electrons. The summed E-state index contributed by atoms with van der Waals surface area (Å²) in [5.41, 5.74) is 0. The normalized spacial score (nSPS) is 12.5. The molecule has 1 heterocycles. The second-order valence-corrected chi connectivity index (χ2v) is 7.06. The van der Waals surface area contributed by atoms with Crippen LogP contribution in [0.2, 0.25) is 0 Å². The Kier molecular flexibility index (Phi) is 4.29. The third kappa shape index (κ3) is 4.14. The molecule has 0 atom stereocenters. The van der Waals surface area contributed by atoms with Gasteiger partial charge in [-0.1, -0.05) is 0 Å². The summed E-state index contributed by atoms with van der Waals surface area (Å²) in [4.78, 5) is 11.2. The zero-order valence-corrected chi connectivity index (χ0v) is 11.2. The van der Waals surface area contributed by atoms with E-state index in [9.17, 15) is 26.4 Å². The van der Waals surface area contributed by atoms with Crippen molar-refractivity contribution >= 4 is 37.0 Å². The van der Waals surface area contributed by atoms with E-state index in [-0.39, 0.29) is 14.6 Å². The van der Waals surface area contributed by atoms with E-state index in [2.05, 4.69) is 0 Å². The summed E-state index contributed by atoms with van der Waals surface area (Å²) in [5.74, 6) is -0.994. The first-order valence-electron chi connectivity index (χ1n) is 4.41. The number of thiophene rings is 1. The monoisotopic (exact) mass is 321 g/mol. The lowest BCUT2D eigenvalue weighted by Crippen LogP contribution is -2.33. The van der Waals surface area contributed by atoms with Gasteiger partial charge >= 0.3 is 6.18 Å². The summed E-state index contributed by atoms with van der Waals surface area (Å²) in [7, 11) is 1.09. The third-order valence-corrected chi connectivity index (χ3v) is 4.43. The summed E-state index contributed by atoms with van der Waals surface area (Å²) in [6, 6.07) is 0.952. The Morgan fingerprint density at radius 1 is 1.50 bits per heavy atom. The Balaban J connectivity index is 2.90. The van der Waals surface area contributed by atoms with Crippen molar-refractivity contribution in [2.24, 2.45) is 0 Å². The molecule has 0 aliphatic rings. The van der Waals surface area contributed by atoms with Gasteiger partial charge in [-0.05, 0) is 13.0 Å². The van der Waals surface area contributed by atoms with Crippen LogP contribution >= 0.6 is 22.0 Å². The Labute approximate surface area is 109 Å². The SMILES string of the molecule is Cc1sc(C(=O)NCC(F)(F)F)cc1S(=O)(=O)Cl. The molecule has 1 amide bonds. The van der Waals surface area contributed by atoms with Crippen molar-refractivity contribution in [2.75, 3.05) is 6.54 Å². The van der Waals surface area contributed by atoms with Crippen LogP contribution in [0.25, 0.3) is 0 Å². The van der Waals surface area contributed by atoms with E-state index in [4.69, 9.17) is 10.7 Å². The largest absolute Gasteiger partial charge is 0.405 e. The van der Waals surface area contributed by atoms with Crippen LogP contribution in [0.1, 0.15) is 14.5 Å². The summed E-state index contributed by atoms with van der Waals surface area (Å²) in [6.45, 7) is -0.0772. The Bertz CT molecular complexity index is 565. The second kappa shape index (κ2) is 5.06. The molecule has 0 unspecified atom stereocenters. The van der Waals surface area contributed by atoms with Crippen molar-refractivity contribution in [3.8, 4) is 0 Å². The van der Waals surface area contributed by atoms with Crippen molar-refractivity contribution < 1.29 is 26.4 Å². The average Bonchev–Trinajstić information content (AvgIpc) is 2.55. The smallest absolute Gasteiger partial charge is 0.342 e. The number of aryl methyl sites for hydroxylation is 1. The van der Waals surface area contributed by atoms with Crippen molar-refractivity contribution in [1.29, 1.82) is 0 Å². The van der Waals surface area contributed by atoms with E-state index in [1.807, 2.05) is 0 Å². The first-order chi connectivity index (χ1) is 8.00. The molecule has 0 aliphatic carbocycles. The van der Waals surface area contributed by atoms with E-state index in [0.717, 1.165) is 17.4 Å². The number of carbonyl (C=O) groups is 1. The predicted octanol–water partition coefficient (Wildman–Crippen LogP) is 2.28. The second-order valence-electron chi connectivity index (χ2n) is 3.27. The quantitative estimate of drug-likeness (QED) is 0.869. The van der Waals surface area contributed by atoms with E-state index < -0.39 is 27.7 Å². The van der Waals surface area contributed by atoms with E-state index in [1.165, 1.54) is 6.92 Å². The molecule has 0 radical (unpaired) electrons. The molecule has 0 aliphatic heterocycles. The van der Waals surface area contributed by atoms with E-state index in [1.54, 1.807) is 5.32 Å². The average molecular weight is 322 g/mol. The zero-order chi connectivity index (χ0) is 14.1. The van der Waals surface area contributed by atoms with Gasteiger partial charge in [0.2, 0.25) is 0 Å². The van der Waals surface area contributed by atoms with Crippen LogP contribution in [0.5, 0.6) is 0 Å². The summed E-state index contributed by atoms with van der Waals surface area (Å²) >= 11 is 0.757. The van der Waals surface area contributed by atoms with Gasteiger partial charge in [0.1, 0.15) is 6.54 Å². The van der Waals surface area contributed by atoms with Crippen LogP contribution in [-0.4, -0.2) is 27.0 Å². The molecular weight excluding hydrogens is 315 g/mol. The molecule has 0 bridgehead atoms. The molecular formula is C8H7ClF3NO3S2. The minimum absolute atomic E-state index is 0.143. The Morgan fingerprint density at radius 3 is 2.44 bits per heavy atom. The number of halogens is 4. The highest BCUT2D eigenvalue weighted by Crippen LogP contribution is 2.28. The van der Waals surface area contributed by atoms with Gasteiger partial charge in [-0.3, -0.25) is 4.79 Å². The standard InChI is InChI=1S/C8H7ClF3NO3S2/c1-4-6(18(9,15)16)2-5(17-4)7(14)13-3-8(10,11)12/h2H,3H2,1H3,(H,13,14). The summed E-state index contributed by atoms with van der Waals surface area (Å²) in [6.07, 6.45) is -4.52. The van der Waals surface area contributed by atoms with Crippen LogP contribution in [-0.2, 0) is 9.05 Å². The van der Waals surface area contributed by atoms with Gasteiger partial charge in [-0.2, -0.15) is 13.2 Å². The minimum Gasteiger partial charge on any atom is -0.342 e. The fourth-order valence-electron chi connectivity index (χ4n) is 1.09. The lowest BCUT2D eigenvalue weighted by molar-refractivity contribution is -0.123. The Morgan fingerprint density at radius 2 is 2.06 bits per heavy atom. The van der Waals surface area contributed by atoms with Crippen LogP contribution in [0, 0.1) is 6.92 Å².